The first kappa shape index (κ1) is 14.4. The molecule has 0 aliphatic heterocycles. The zero-order valence-electron chi connectivity index (χ0n) is 12.4. The maximum Gasteiger partial charge on any atom is 0.127 e. The van der Waals surface area contributed by atoms with Crippen LogP contribution in [0.1, 0.15) is 11.1 Å². The summed E-state index contributed by atoms with van der Waals surface area (Å²) >= 11 is 0. The lowest BCUT2D eigenvalue weighted by molar-refractivity contribution is 0.307. The average Bonchev–Trinajstić information content (AvgIpc) is 2.61. The Morgan fingerprint density at radius 2 is 1.45 bits per heavy atom. The Labute approximate surface area is 131 Å². The Kier molecular flexibility index (Phi) is 4.52. The van der Waals surface area contributed by atoms with E-state index in [1.54, 1.807) is 0 Å². The van der Waals surface area contributed by atoms with Gasteiger partial charge in [0.05, 0.1) is 0 Å². The molecule has 3 rings (SSSR count). The Morgan fingerprint density at radius 3 is 2.27 bits per heavy atom. The lowest BCUT2D eigenvalue weighted by Crippen LogP contribution is -2.00. The van der Waals surface area contributed by atoms with Crippen LogP contribution in [0.15, 0.2) is 78.9 Å². The van der Waals surface area contributed by atoms with E-state index in [-0.39, 0.29) is 0 Å². The van der Waals surface area contributed by atoms with Crippen LogP contribution in [0.2, 0.25) is 0 Å². The third kappa shape index (κ3) is 3.35. The molecule has 0 heterocycles. The molecule has 0 saturated carbocycles. The van der Waals surface area contributed by atoms with Gasteiger partial charge in [0.1, 0.15) is 12.4 Å². The van der Waals surface area contributed by atoms with Crippen molar-refractivity contribution >= 4 is 0 Å². The molecule has 0 unspecified atom stereocenters. The predicted octanol–water partition coefficient (Wildman–Crippen LogP) is 4.39. The maximum absolute atomic E-state index is 6.04. The molecule has 0 aliphatic rings. The first-order valence-electron chi connectivity index (χ1n) is 7.42. The minimum Gasteiger partial charge on any atom is -0.488 e. The van der Waals surface area contributed by atoms with Gasteiger partial charge in [0.2, 0.25) is 0 Å². The first-order chi connectivity index (χ1) is 10.9. The Bertz CT molecular complexity index is 737. The van der Waals surface area contributed by atoms with Crippen molar-refractivity contribution in [1.29, 1.82) is 0 Å². The van der Waals surface area contributed by atoms with Gasteiger partial charge in [-0.05, 0) is 22.8 Å². The van der Waals surface area contributed by atoms with E-state index in [2.05, 4.69) is 30.3 Å². The molecule has 0 spiro atoms. The lowest BCUT2D eigenvalue weighted by atomic mass is 10.0. The SMILES string of the molecule is NCc1cccc(COc2ccccc2-c2ccccc2)c1. The van der Waals surface area contributed by atoms with E-state index in [1.165, 1.54) is 0 Å². The van der Waals surface area contributed by atoms with Crippen LogP contribution in [-0.2, 0) is 13.2 Å². The van der Waals surface area contributed by atoms with Crippen LogP contribution < -0.4 is 10.5 Å². The highest BCUT2D eigenvalue weighted by Gasteiger charge is 2.05. The van der Waals surface area contributed by atoms with Gasteiger partial charge in [-0.2, -0.15) is 0 Å². The van der Waals surface area contributed by atoms with Crippen LogP contribution in [0, 0.1) is 0 Å². The topological polar surface area (TPSA) is 35.2 Å². The Balaban J connectivity index is 1.81. The second-order valence-electron chi connectivity index (χ2n) is 5.17. The van der Waals surface area contributed by atoms with E-state index in [9.17, 15) is 0 Å². The molecule has 0 amide bonds. The van der Waals surface area contributed by atoms with E-state index in [0.717, 1.165) is 28.0 Å². The molecule has 0 bridgehead atoms. The number of benzene rings is 3. The molecule has 0 aromatic heterocycles. The molecule has 2 N–H and O–H groups in total. The standard InChI is InChI=1S/C20H19NO/c21-14-16-7-6-8-17(13-16)15-22-20-12-5-4-11-19(20)18-9-2-1-3-10-18/h1-13H,14-15,21H2. The second-order valence-corrected chi connectivity index (χ2v) is 5.17. The van der Waals surface area contributed by atoms with Crippen LogP contribution in [0.25, 0.3) is 11.1 Å². The van der Waals surface area contributed by atoms with Crippen molar-refractivity contribution in [3.63, 3.8) is 0 Å². The number of hydrogen-bond acceptors (Lipinski definition) is 2. The molecule has 0 atom stereocenters. The van der Waals surface area contributed by atoms with Crippen molar-refractivity contribution in [3.05, 3.63) is 90.0 Å². The van der Waals surface area contributed by atoms with Gasteiger partial charge in [0, 0.05) is 12.1 Å². The summed E-state index contributed by atoms with van der Waals surface area (Å²) < 4.78 is 6.04. The van der Waals surface area contributed by atoms with E-state index in [1.807, 2.05) is 48.5 Å². The molecule has 0 radical (unpaired) electrons. The average molecular weight is 289 g/mol. The molecule has 2 nitrogen and oxygen atoms in total. The zero-order chi connectivity index (χ0) is 15.2. The van der Waals surface area contributed by atoms with Crippen molar-refractivity contribution in [1.82, 2.24) is 0 Å². The van der Waals surface area contributed by atoms with Crippen molar-refractivity contribution in [2.24, 2.45) is 5.73 Å². The summed E-state index contributed by atoms with van der Waals surface area (Å²) in [6, 6.07) is 26.6. The highest BCUT2D eigenvalue weighted by molar-refractivity contribution is 5.70. The van der Waals surface area contributed by atoms with Gasteiger partial charge in [-0.3, -0.25) is 0 Å². The highest BCUT2D eigenvalue weighted by Crippen LogP contribution is 2.30. The van der Waals surface area contributed by atoms with Crippen LogP contribution in [0.5, 0.6) is 5.75 Å². The Hall–Kier alpha value is -2.58. The third-order valence-electron chi connectivity index (χ3n) is 3.59. The summed E-state index contributed by atoms with van der Waals surface area (Å²) in [5.41, 5.74) is 10.2. The fourth-order valence-electron chi connectivity index (χ4n) is 2.46. The van der Waals surface area contributed by atoms with Gasteiger partial charge in [0.25, 0.3) is 0 Å². The minimum absolute atomic E-state index is 0.539. The van der Waals surface area contributed by atoms with Gasteiger partial charge in [-0.15, -0.1) is 0 Å². The molecule has 2 heteroatoms. The molecular weight excluding hydrogens is 270 g/mol. The van der Waals surface area contributed by atoms with Crippen LogP contribution >= 0.6 is 0 Å². The van der Waals surface area contributed by atoms with Gasteiger partial charge in [-0.1, -0.05) is 72.8 Å². The quantitative estimate of drug-likeness (QED) is 0.756. The maximum atomic E-state index is 6.04. The van der Waals surface area contributed by atoms with Gasteiger partial charge in [-0.25, -0.2) is 0 Å². The fraction of sp³-hybridized carbons (Fsp3) is 0.100. The summed E-state index contributed by atoms with van der Waals surface area (Å²) in [5.74, 6) is 0.895. The molecule has 3 aromatic rings. The third-order valence-corrected chi connectivity index (χ3v) is 3.59. The first-order valence-corrected chi connectivity index (χ1v) is 7.42. The van der Waals surface area contributed by atoms with Crippen molar-refractivity contribution < 1.29 is 4.74 Å². The normalized spacial score (nSPS) is 10.4. The molecule has 0 saturated heterocycles. The number of para-hydroxylation sites is 1. The van der Waals surface area contributed by atoms with Crippen LogP contribution in [0.4, 0.5) is 0 Å². The molecule has 0 aliphatic carbocycles. The molecule has 3 aromatic carbocycles. The van der Waals surface area contributed by atoms with E-state index < -0.39 is 0 Å². The minimum atomic E-state index is 0.539. The van der Waals surface area contributed by atoms with Crippen molar-refractivity contribution in [2.45, 2.75) is 13.2 Å². The van der Waals surface area contributed by atoms with Gasteiger partial charge >= 0.3 is 0 Å². The van der Waals surface area contributed by atoms with Crippen LogP contribution in [0.3, 0.4) is 0 Å². The van der Waals surface area contributed by atoms with E-state index in [0.29, 0.717) is 13.2 Å². The van der Waals surface area contributed by atoms with Crippen molar-refractivity contribution in [2.75, 3.05) is 0 Å². The number of hydrogen-bond donors (Lipinski definition) is 1. The number of ether oxygens (including phenoxy) is 1. The Morgan fingerprint density at radius 1 is 0.727 bits per heavy atom. The summed E-state index contributed by atoms with van der Waals surface area (Å²) in [7, 11) is 0. The smallest absolute Gasteiger partial charge is 0.127 e. The molecule has 0 fully saturated rings. The van der Waals surface area contributed by atoms with Gasteiger partial charge < -0.3 is 10.5 Å². The molecule has 110 valence electrons. The number of nitrogens with two attached hydrogens (primary N) is 1. The van der Waals surface area contributed by atoms with E-state index >= 15 is 0 Å². The summed E-state index contributed by atoms with van der Waals surface area (Å²) in [6.07, 6.45) is 0. The lowest BCUT2D eigenvalue weighted by Gasteiger charge is -2.12. The largest absolute Gasteiger partial charge is 0.488 e. The summed E-state index contributed by atoms with van der Waals surface area (Å²) in [6.45, 7) is 1.09. The van der Waals surface area contributed by atoms with E-state index in [4.69, 9.17) is 10.5 Å². The summed E-state index contributed by atoms with van der Waals surface area (Å²) in [5, 5.41) is 0. The predicted molar refractivity (Wildman–Crippen MR) is 90.5 cm³/mol. The second kappa shape index (κ2) is 6.92. The highest BCUT2D eigenvalue weighted by atomic mass is 16.5. The van der Waals surface area contributed by atoms with Crippen LogP contribution in [-0.4, -0.2) is 0 Å². The monoisotopic (exact) mass is 289 g/mol. The van der Waals surface area contributed by atoms with Gasteiger partial charge in [0.15, 0.2) is 0 Å². The summed E-state index contributed by atoms with van der Waals surface area (Å²) in [4.78, 5) is 0. The molecular formula is C20H19NO. The fourth-order valence-corrected chi connectivity index (χ4v) is 2.46. The zero-order valence-corrected chi connectivity index (χ0v) is 12.4. The van der Waals surface area contributed by atoms with Crippen molar-refractivity contribution in [3.8, 4) is 16.9 Å². The molecule has 22 heavy (non-hydrogen) atoms. The number of rotatable bonds is 5.